The van der Waals surface area contributed by atoms with Gasteiger partial charge < -0.3 is 9.79 Å². The molecule has 0 aliphatic carbocycles. The Balaban J connectivity index is 2.66. The van der Waals surface area contributed by atoms with Gasteiger partial charge in [0.25, 0.3) is 0 Å². The van der Waals surface area contributed by atoms with Crippen molar-refractivity contribution in [2.75, 3.05) is 0 Å². The molecule has 2 N–H and O–H groups in total. The van der Waals surface area contributed by atoms with E-state index in [9.17, 15) is 9.36 Å². The van der Waals surface area contributed by atoms with Crippen LogP contribution < -0.4 is 0 Å². The summed E-state index contributed by atoms with van der Waals surface area (Å²) in [5.74, 6) is -0.622. The molecule has 2 aromatic carbocycles. The van der Waals surface area contributed by atoms with Crippen LogP contribution in [-0.4, -0.2) is 15.6 Å². The summed E-state index contributed by atoms with van der Waals surface area (Å²) < 4.78 is 15.3. The highest BCUT2D eigenvalue weighted by Gasteiger charge is 2.45. The minimum atomic E-state index is -4.96. The van der Waals surface area contributed by atoms with Gasteiger partial charge in [0.1, 0.15) is 0 Å². The first kappa shape index (κ1) is 17.3. The standard InChI is InChI=1S/C16H15O6P/c1-2-15(17)16(21-22-23(18,19)20,13-9-5-3-6-10-13)14-11-7-4-8-12-14/h2-12H,1H2,(H2,18,19,20). The zero-order valence-electron chi connectivity index (χ0n) is 12.0. The molecule has 0 bridgehead atoms. The van der Waals surface area contributed by atoms with Crippen molar-refractivity contribution >= 4 is 13.6 Å². The zero-order chi connectivity index (χ0) is 16.9. The van der Waals surface area contributed by atoms with Crippen molar-refractivity contribution in [2.45, 2.75) is 5.60 Å². The van der Waals surface area contributed by atoms with Gasteiger partial charge in [-0.1, -0.05) is 67.2 Å². The van der Waals surface area contributed by atoms with Gasteiger partial charge >= 0.3 is 7.82 Å². The molecule has 23 heavy (non-hydrogen) atoms. The predicted octanol–water partition coefficient (Wildman–Crippen LogP) is 2.73. The largest absolute Gasteiger partial charge is 0.496 e. The molecular formula is C16H15O6P. The normalized spacial score (nSPS) is 11.9. The van der Waals surface area contributed by atoms with Crippen LogP contribution in [0, 0.1) is 0 Å². The quantitative estimate of drug-likeness (QED) is 0.350. The van der Waals surface area contributed by atoms with Crippen LogP contribution in [0.25, 0.3) is 0 Å². The minimum Gasteiger partial charge on any atom is -0.301 e. The fourth-order valence-corrected chi connectivity index (χ4v) is 2.39. The maximum Gasteiger partial charge on any atom is 0.496 e. The fraction of sp³-hybridized carbons (Fsp3) is 0.0625. The van der Waals surface area contributed by atoms with Gasteiger partial charge in [-0.3, -0.25) is 4.79 Å². The SMILES string of the molecule is C=CC(=O)C(OOP(=O)(O)O)(c1ccccc1)c1ccccc1. The van der Waals surface area contributed by atoms with E-state index in [1.807, 2.05) is 0 Å². The molecule has 0 aromatic heterocycles. The van der Waals surface area contributed by atoms with Crippen molar-refractivity contribution in [1.82, 2.24) is 0 Å². The van der Waals surface area contributed by atoms with E-state index in [-0.39, 0.29) is 0 Å². The summed E-state index contributed by atoms with van der Waals surface area (Å²) in [5.41, 5.74) is -1.17. The molecule has 0 aliphatic rings. The first-order chi connectivity index (χ1) is 10.9. The predicted molar refractivity (Wildman–Crippen MR) is 83.1 cm³/mol. The Morgan fingerprint density at radius 2 is 1.43 bits per heavy atom. The van der Waals surface area contributed by atoms with Crippen molar-refractivity contribution in [1.29, 1.82) is 0 Å². The maximum atomic E-state index is 12.6. The van der Waals surface area contributed by atoms with E-state index >= 15 is 0 Å². The summed E-state index contributed by atoms with van der Waals surface area (Å²) in [4.78, 5) is 35.5. The van der Waals surface area contributed by atoms with Gasteiger partial charge in [-0.2, -0.15) is 0 Å². The lowest BCUT2D eigenvalue weighted by Gasteiger charge is -2.30. The molecule has 0 amide bonds. The van der Waals surface area contributed by atoms with E-state index in [2.05, 4.69) is 11.3 Å². The summed E-state index contributed by atoms with van der Waals surface area (Å²) in [5, 5.41) is 0. The van der Waals surface area contributed by atoms with E-state index in [0.29, 0.717) is 11.1 Å². The van der Waals surface area contributed by atoms with E-state index in [1.54, 1.807) is 60.7 Å². The van der Waals surface area contributed by atoms with E-state index in [0.717, 1.165) is 6.08 Å². The summed E-state index contributed by atoms with van der Waals surface area (Å²) in [6.45, 7) is 3.44. The van der Waals surface area contributed by atoms with Crippen molar-refractivity contribution in [3.05, 3.63) is 84.4 Å². The van der Waals surface area contributed by atoms with E-state index in [4.69, 9.17) is 14.7 Å². The van der Waals surface area contributed by atoms with Crippen LogP contribution >= 0.6 is 7.82 Å². The van der Waals surface area contributed by atoms with Gasteiger partial charge in [-0.25, -0.2) is 9.45 Å². The molecular weight excluding hydrogens is 319 g/mol. The average Bonchev–Trinajstić information content (AvgIpc) is 2.56. The lowest BCUT2D eigenvalue weighted by molar-refractivity contribution is -0.283. The Hall–Kier alpha value is -2.08. The van der Waals surface area contributed by atoms with Crippen LogP contribution in [0.2, 0.25) is 0 Å². The summed E-state index contributed by atoms with van der Waals surface area (Å²) in [6, 6.07) is 16.5. The smallest absolute Gasteiger partial charge is 0.301 e. The monoisotopic (exact) mass is 334 g/mol. The molecule has 2 rings (SSSR count). The van der Waals surface area contributed by atoms with Gasteiger partial charge in [-0.05, 0) is 17.2 Å². The summed E-state index contributed by atoms with van der Waals surface area (Å²) >= 11 is 0. The molecule has 0 saturated heterocycles. The number of hydrogen-bond donors (Lipinski definition) is 2. The number of benzene rings is 2. The first-order valence-electron chi connectivity index (χ1n) is 6.61. The number of hydrogen-bond acceptors (Lipinski definition) is 4. The molecule has 2 aromatic rings. The van der Waals surface area contributed by atoms with E-state index < -0.39 is 19.2 Å². The number of phosphoric acid groups is 1. The number of ketones is 1. The van der Waals surface area contributed by atoms with Gasteiger partial charge in [0.05, 0.1) is 0 Å². The molecule has 6 nitrogen and oxygen atoms in total. The number of carbonyl (C=O) groups excluding carboxylic acids is 1. The van der Waals surface area contributed by atoms with Crippen LogP contribution in [-0.2, 0) is 24.5 Å². The van der Waals surface area contributed by atoms with Gasteiger partial charge in [0.15, 0.2) is 5.78 Å². The lowest BCUT2D eigenvalue weighted by Crippen LogP contribution is -2.39. The second-order valence-corrected chi connectivity index (χ2v) is 5.76. The van der Waals surface area contributed by atoms with Crippen LogP contribution in [0.3, 0.4) is 0 Å². The van der Waals surface area contributed by atoms with Crippen LogP contribution in [0.15, 0.2) is 73.3 Å². The third-order valence-electron chi connectivity index (χ3n) is 3.15. The molecule has 0 atom stereocenters. The van der Waals surface area contributed by atoms with Crippen LogP contribution in [0.4, 0.5) is 0 Å². The topological polar surface area (TPSA) is 93.1 Å². The van der Waals surface area contributed by atoms with Gasteiger partial charge in [-0.15, -0.1) is 4.67 Å². The molecule has 120 valence electrons. The number of rotatable bonds is 7. The third-order valence-corrected chi connectivity index (χ3v) is 3.42. The second kappa shape index (κ2) is 7.00. The van der Waals surface area contributed by atoms with Gasteiger partial charge in [0.2, 0.25) is 5.60 Å². The Kier molecular flexibility index (Phi) is 5.26. The highest BCUT2D eigenvalue weighted by atomic mass is 31.2. The molecule has 0 fully saturated rings. The van der Waals surface area contributed by atoms with Crippen LogP contribution in [0.5, 0.6) is 0 Å². The maximum absolute atomic E-state index is 12.6. The van der Waals surface area contributed by atoms with Gasteiger partial charge in [0, 0.05) is 0 Å². The molecule has 0 spiro atoms. The molecule has 0 unspecified atom stereocenters. The molecule has 7 heteroatoms. The Morgan fingerprint density at radius 1 is 1.00 bits per heavy atom. The van der Waals surface area contributed by atoms with Crippen molar-refractivity contribution in [2.24, 2.45) is 0 Å². The molecule has 0 aliphatic heterocycles. The number of carbonyl (C=O) groups is 1. The minimum absolute atomic E-state index is 0.351. The zero-order valence-corrected chi connectivity index (χ0v) is 12.9. The lowest BCUT2D eigenvalue weighted by atomic mass is 9.82. The molecule has 0 radical (unpaired) electrons. The average molecular weight is 334 g/mol. The fourth-order valence-electron chi connectivity index (χ4n) is 2.18. The van der Waals surface area contributed by atoms with Crippen molar-refractivity contribution < 1.29 is 28.7 Å². The summed E-state index contributed by atoms with van der Waals surface area (Å²) in [6.07, 6.45) is 1.02. The van der Waals surface area contributed by atoms with Crippen molar-refractivity contribution in [3.8, 4) is 0 Å². The summed E-state index contributed by atoms with van der Waals surface area (Å²) in [7, 11) is -4.96. The Labute approximate surface area is 133 Å². The second-order valence-electron chi connectivity index (χ2n) is 4.63. The Morgan fingerprint density at radius 3 is 1.78 bits per heavy atom. The highest BCUT2D eigenvalue weighted by Crippen LogP contribution is 2.43. The molecule has 0 saturated carbocycles. The first-order valence-corrected chi connectivity index (χ1v) is 8.14. The Bertz CT molecular complexity index is 683. The third kappa shape index (κ3) is 3.82. The van der Waals surface area contributed by atoms with Crippen LogP contribution in [0.1, 0.15) is 11.1 Å². The van der Waals surface area contributed by atoms with E-state index in [1.165, 1.54) is 0 Å². The highest BCUT2D eigenvalue weighted by molar-refractivity contribution is 7.46. The molecule has 0 heterocycles. The van der Waals surface area contributed by atoms with Crippen molar-refractivity contribution in [3.63, 3.8) is 0 Å².